The first kappa shape index (κ1) is 9.81. The van der Waals surface area contributed by atoms with Crippen LogP contribution in [-0.4, -0.2) is 6.61 Å². The molecule has 12 heavy (non-hydrogen) atoms. The van der Waals surface area contributed by atoms with E-state index in [2.05, 4.69) is 4.84 Å². The van der Waals surface area contributed by atoms with Crippen LogP contribution in [0, 0.1) is 0 Å². The molecule has 0 radical (unpaired) electrons. The molecule has 1 rings (SSSR count). The van der Waals surface area contributed by atoms with Crippen LogP contribution >= 0.6 is 23.2 Å². The van der Waals surface area contributed by atoms with E-state index in [1.807, 2.05) is 0 Å². The number of hydrogen-bond donors (Lipinski definition) is 1. The molecule has 0 aliphatic carbocycles. The summed E-state index contributed by atoms with van der Waals surface area (Å²) in [5.41, 5.74) is 0.881. The van der Waals surface area contributed by atoms with Gasteiger partial charge in [0.25, 0.3) is 0 Å². The van der Waals surface area contributed by atoms with Gasteiger partial charge in [0.2, 0.25) is 0 Å². The van der Waals surface area contributed by atoms with Crippen molar-refractivity contribution >= 4 is 23.2 Å². The van der Waals surface area contributed by atoms with Crippen molar-refractivity contribution in [1.29, 1.82) is 0 Å². The van der Waals surface area contributed by atoms with E-state index in [0.29, 0.717) is 23.1 Å². The van der Waals surface area contributed by atoms with E-state index in [1.165, 1.54) is 0 Å². The first-order chi connectivity index (χ1) is 5.75. The summed E-state index contributed by atoms with van der Waals surface area (Å²) < 4.78 is 0. The normalized spacial score (nSPS) is 10.2. The predicted octanol–water partition coefficient (Wildman–Crippen LogP) is 2.43. The molecule has 0 aliphatic rings. The second-order valence-corrected chi connectivity index (χ2v) is 3.14. The Morgan fingerprint density at radius 2 is 1.83 bits per heavy atom. The van der Waals surface area contributed by atoms with Crippen LogP contribution in [0.15, 0.2) is 18.2 Å². The lowest BCUT2D eigenvalue weighted by molar-refractivity contribution is 0.141. The molecule has 1 aromatic rings. The minimum absolute atomic E-state index is 0.420. The third kappa shape index (κ3) is 2.35. The third-order valence-electron chi connectivity index (χ3n) is 1.53. The van der Waals surface area contributed by atoms with Crippen molar-refractivity contribution in [2.45, 2.75) is 6.42 Å². The van der Waals surface area contributed by atoms with Gasteiger partial charge in [0.1, 0.15) is 0 Å². The summed E-state index contributed by atoms with van der Waals surface area (Å²) >= 11 is 11.8. The Morgan fingerprint density at radius 1 is 1.25 bits per heavy atom. The number of rotatable bonds is 3. The van der Waals surface area contributed by atoms with Gasteiger partial charge >= 0.3 is 0 Å². The van der Waals surface area contributed by atoms with Crippen LogP contribution in [0.25, 0.3) is 0 Å². The molecule has 1 aromatic carbocycles. The Balaban J connectivity index is 2.81. The van der Waals surface area contributed by atoms with Gasteiger partial charge in [-0.2, -0.15) is 0 Å². The van der Waals surface area contributed by atoms with Crippen molar-refractivity contribution < 1.29 is 4.84 Å². The highest BCUT2D eigenvalue weighted by Crippen LogP contribution is 2.24. The standard InChI is InChI=1S/C8H9Cl2NO/c9-7-2-1-3-8(10)6(7)4-5-12-11/h1-3H,4-5,11H2. The maximum Gasteiger partial charge on any atom is 0.0720 e. The highest BCUT2D eigenvalue weighted by Gasteiger charge is 2.03. The molecule has 2 nitrogen and oxygen atoms in total. The zero-order valence-corrected chi connectivity index (χ0v) is 7.90. The minimum atomic E-state index is 0.420. The molecule has 0 amide bonds. The Morgan fingerprint density at radius 3 is 2.33 bits per heavy atom. The van der Waals surface area contributed by atoms with Crippen LogP contribution in [0.2, 0.25) is 10.0 Å². The summed E-state index contributed by atoms with van der Waals surface area (Å²) in [7, 11) is 0. The maximum absolute atomic E-state index is 5.88. The van der Waals surface area contributed by atoms with Crippen molar-refractivity contribution in [2.75, 3.05) is 6.61 Å². The van der Waals surface area contributed by atoms with Gasteiger partial charge in [-0.05, 0) is 17.7 Å². The van der Waals surface area contributed by atoms with Gasteiger partial charge in [-0.1, -0.05) is 29.3 Å². The smallest absolute Gasteiger partial charge is 0.0720 e. The van der Waals surface area contributed by atoms with Crippen LogP contribution in [0.5, 0.6) is 0 Å². The molecule has 0 aromatic heterocycles. The molecule has 0 spiro atoms. The molecule has 0 saturated carbocycles. The van der Waals surface area contributed by atoms with E-state index in [0.717, 1.165) is 5.56 Å². The summed E-state index contributed by atoms with van der Waals surface area (Å²) in [6, 6.07) is 5.38. The second kappa shape index (κ2) is 4.67. The van der Waals surface area contributed by atoms with Gasteiger partial charge in [-0.15, -0.1) is 0 Å². The monoisotopic (exact) mass is 205 g/mol. The van der Waals surface area contributed by atoms with Crippen molar-refractivity contribution in [1.82, 2.24) is 0 Å². The van der Waals surface area contributed by atoms with Crippen molar-refractivity contribution in [3.63, 3.8) is 0 Å². The summed E-state index contributed by atoms with van der Waals surface area (Å²) in [6.07, 6.45) is 0.634. The lowest BCUT2D eigenvalue weighted by Crippen LogP contribution is -2.04. The van der Waals surface area contributed by atoms with Crippen LogP contribution < -0.4 is 5.90 Å². The van der Waals surface area contributed by atoms with Gasteiger partial charge in [-0.3, -0.25) is 0 Å². The molecular weight excluding hydrogens is 197 g/mol. The van der Waals surface area contributed by atoms with Crippen molar-refractivity contribution in [2.24, 2.45) is 5.90 Å². The minimum Gasteiger partial charge on any atom is -0.304 e. The molecule has 0 unspecified atom stereocenters. The fraction of sp³-hybridized carbons (Fsp3) is 0.250. The third-order valence-corrected chi connectivity index (χ3v) is 2.24. The van der Waals surface area contributed by atoms with Gasteiger partial charge in [-0.25, -0.2) is 5.90 Å². The fourth-order valence-corrected chi connectivity index (χ4v) is 1.52. The summed E-state index contributed by atoms with van der Waals surface area (Å²) in [5, 5.41) is 1.30. The van der Waals surface area contributed by atoms with Crippen molar-refractivity contribution in [3.8, 4) is 0 Å². The number of halogens is 2. The first-order valence-electron chi connectivity index (χ1n) is 3.50. The van der Waals surface area contributed by atoms with Crippen LogP contribution in [0.3, 0.4) is 0 Å². The number of benzene rings is 1. The summed E-state index contributed by atoms with van der Waals surface area (Å²) in [4.78, 5) is 4.44. The number of nitrogens with two attached hydrogens (primary N) is 1. The molecule has 0 heterocycles. The van der Waals surface area contributed by atoms with Gasteiger partial charge in [0.05, 0.1) is 6.61 Å². The van der Waals surface area contributed by atoms with E-state index in [1.54, 1.807) is 18.2 Å². The first-order valence-corrected chi connectivity index (χ1v) is 4.26. The Hall–Kier alpha value is -0.280. The van der Waals surface area contributed by atoms with E-state index >= 15 is 0 Å². The molecule has 66 valence electrons. The molecule has 0 fully saturated rings. The van der Waals surface area contributed by atoms with E-state index in [-0.39, 0.29) is 0 Å². The maximum atomic E-state index is 5.88. The molecule has 4 heteroatoms. The largest absolute Gasteiger partial charge is 0.304 e. The molecular formula is C8H9Cl2NO. The second-order valence-electron chi connectivity index (χ2n) is 2.32. The average Bonchev–Trinajstić information content (AvgIpc) is 2.04. The summed E-state index contributed by atoms with van der Waals surface area (Å²) in [6.45, 7) is 0.420. The molecule has 0 bridgehead atoms. The lowest BCUT2D eigenvalue weighted by atomic mass is 10.1. The molecule has 2 N–H and O–H groups in total. The van der Waals surface area contributed by atoms with Gasteiger partial charge in [0.15, 0.2) is 0 Å². The average molecular weight is 206 g/mol. The Bertz CT molecular complexity index is 245. The van der Waals surface area contributed by atoms with Gasteiger partial charge in [0, 0.05) is 16.5 Å². The van der Waals surface area contributed by atoms with E-state index in [4.69, 9.17) is 29.1 Å². The van der Waals surface area contributed by atoms with Crippen LogP contribution in [0.4, 0.5) is 0 Å². The molecule has 0 atom stereocenters. The van der Waals surface area contributed by atoms with E-state index < -0.39 is 0 Å². The van der Waals surface area contributed by atoms with Crippen LogP contribution in [0.1, 0.15) is 5.56 Å². The van der Waals surface area contributed by atoms with Gasteiger partial charge < -0.3 is 4.84 Å². The Kier molecular flexibility index (Phi) is 3.82. The topological polar surface area (TPSA) is 35.2 Å². The summed E-state index contributed by atoms with van der Waals surface area (Å²) in [5.74, 6) is 4.89. The van der Waals surface area contributed by atoms with Crippen molar-refractivity contribution in [3.05, 3.63) is 33.8 Å². The molecule has 0 aliphatic heterocycles. The quantitative estimate of drug-likeness (QED) is 0.770. The SMILES string of the molecule is NOCCc1c(Cl)cccc1Cl. The number of hydrogen-bond acceptors (Lipinski definition) is 2. The zero-order valence-electron chi connectivity index (χ0n) is 6.39. The van der Waals surface area contributed by atoms with Crippen LogP contribution in [-0.2, 0) is 11.3 Å². The highest BCUT2D eigenvalue weighted by molar-refractivity contribution is 6.35. The predicted molar refractivity (Wildman–Crippen MR) is 50.3 cm³/mol. The zero-order chi connectivity index (χ0) is 8.97. The fourth-order valence-electron chi connectivity index (χ4n) is 0.932. The molecule has 0 saturated heterocycles. The Labute approximate surface area is 81.2 Å². The van der Waals surface area contributed by atoms with E-state index in [9.17, 15) is 0 Å². The lowest BCUT2D eigenvalue weighted by Gasteiger charge is -2.04. The highest BCUT2D eigenvalue weighted by atomic mass is 35.5.